The number of halogens is 1. The molecule has 1 aromatic rings. The largest absolute Gasteiger partial charge is 0.355 e. The molecule has 2 heterocycles. The van der Waals surface area contributed by atoms with Gasteiger partial charge in [0.15, 0.2) is 0 Å². The van der Waals surface area contributed by atoms with Gasteiger partial charge in [-0.05, 0) is 63.0 Å². The molecule has 3 rings (SSSR count). The van der Waals surface area contributed by atoms with Crippen LogP contribution in [0.4, 0.5) is 0 Å². The fourth-order valence-electron chi connectivity index (χ4n) is 3.78. The molecule has 150 valence electrons. The van der Waals surface area contributed by atoms with Gasteiger partial charge in [0.05, 0.1) is 4.90 Å². The molecule has 1 aromatic carbocycles. The molecule has 27 heavy (non-hydrogen) atoms. The molecule has 2 aliphatic heterocycles. The lowest BCUT2D eigenvalue weighted by atomic mass is 9.97. The number of nitrogens with zero attached hydrogens (tertiary/aromatic N) is 2. The first-order valence-electron chi connectivity index (χ1n) is 9.72. The van der Waals surface area contributed by atoms with E-state index in [0.29, 0.717) is 37.5 Å². The second-order valence-electron chi connectivity index (χ2n) is 7.33. The van der Waals surface area contributed by atoms with Crippen LogP contribution in [0.25, 0.3) is 0 Å². The van der Waals surface area contributed by atoms with Gasteiger partial charge in [-0.1, -0.05) is 18.0 Å². The van der Waals surface area contributed by atoms with Crippen molar-refractivity contribution in [2.45, 2.75) is 37.0 Å². The van der Waals surface area contributed by atoms with Gasteiger partial charge in [0.25, 0.3) is 0 Å². The van der Waals surface area contributed by atoms with Gasteiger partial charge in [0.1, 0.15) is 0 Å². The Kier molecular flexibility index (Phi) is 7.14. The zero-order valence-corrected chi connectivity index (χ0v) is 17.1. The van der Waals surface area contributed by atoms with Crippen LogP contribution in [0.1, 0.15) is 32.1 Å². The number of carbonyl (C=O) groups excluding carboxylic acids is 1. The average molecular weight is 414 g/mol. The fraction of sp³-hybridized carbons (Fsp3) is 0.632. The van der Waals surface area contributed by atoms with Gasteiger partial charge in [0, 0.05) is 37.1 Å². The number of hydrogen-bond donors (Lipinski definition) is 1. The molecule has 6 nitrogen and oxygen atoms in total. The molecule has 0 aliphatic carbocycles. The van der Waals surface area contributed by atoms with Crippen molar-refractivity contribution < 1.29 is 13.2 Å². The van der Waals surface area contributed by atoms with Gasteiger partial charge >= 0.3 is 0 Å². The Morgan fingerprint density at radius 3 is 2.30 bits per heavy atom. The highest BCUT2D eigenvalue weighted by Gasteiger charge is 2.32. The zero-order valence-electron chi connectivity index (χ0n) is 15.6. The molecule has 8 heteroatoms. The van der Waals surface area contributed by atoms with Crippen molar-refractivity contribution in [2.24, 2.45) is 5.92 Å². The number of likely N-dealkylation sites (tertiary alicyclic amines) is 1. The summed E-state index contributed by atoms with van der Waals surface area (Å²) in [6, 6.07) is 6.21. The summed E-state index contributed by atoms with van der Waals surface area (Å²) in [4.78, 5) is 15.0. The number of nitrogens with one attached hydrogen (secondary N) is 1. The second-order valence-corrected chi connectivity index (χ2v) is 9.70. The Morgan fingerprint density at radius 2 is 1.67 bits per heavy atom. The van der Waals surface area contributed by atoms with Gasteiger partial charge in [-0.2, -0.15) is 4.31 Å². The molecule has 2 fully saturated rings. The molecular weight excluding hydrogens is 386 g/mol. The van der Waals surface area contributed by atoms with Gasteiger partial charge in [-0.25, -0.2) is 8.42 Å². The van der Waals surface area contributed by atoms with Crippen molar-refractivity contribution in [3.05, 3.63) is 29.3 Å². The van der Waals surface area contributed by atoms with Crippen molar-refractivity contribution >= 4 is 27.5 Å². The Morgan fingerprint density at radius 1 is 1.04 bits per heavy atom. The molecule has 0 radical (unpaired) electrons. The highest BCUT2D eigenvalue weighted by atomic mass is 35.5. The highest BCUT2D eigenvalue weighted by molar-refractivity contribution is 7.89. The summed E-state index contributed by atoms with van der Waals surface area (Å²) in [5.74, 6) is -0.0569. The molecular formula is C19H28ClN3O3S. The number of hydrogen-bond acceptors (Lipinski definition) is 4. The lowest BCUT2D eigenvalue weighted by molar-refractivity contribution is -0.126. The van der Waals surface area contributed by atoms with Crippen molar-refractivity contribution in [1.29, 1.82) is 0 Å². The maximum absolute atomic E-state index is 12.7. The molecule has 2 aliphatic rings. The van der Waals surface area contributed by atoms with E-state index in [0.717, 1.165) is 19.6 Å². The van der Waals surface area contributed by atoms with Crippen molar-refractivity contribution in [3.8, 4) is 0 Å². The third-order valence-corrected chi connectivity index (χ3v) is 7.62. The average Bonchev–Trinajstić information content (AvgIpc) is 2.69. The number of amides is 1. The van der Waals surface area contributed by atoms with E-state index in [9.17, 15) is 13.2 Å². The molecule has 0 bridgehead atoms. The minimum atomic E-state index is -3.52. The topological polar surface area (TPSA) is 69.7 Å². The fourth-order valence-corrected chi connectivity index (χ4v) is 5.37. The molecule has 0 saturated carbocycles. The minimum Gasteiger partial charge on any atom is -0.355 e. The molecule has 1 amide bonds. The van der Waals surface area contributed by atoms with Crippen LogP contribution in [0.5, 0.6) is 0 Å². The van der Waals surface area contributed by atoms with E-state index in [1.807, 2.05) is 0 Å². The molecule has 0 atom stereocenters. The monoisotopic (exact) mass is 413 g/mol. The van der Waals surface area contributed by atoms with Crippen LogP contribution in [0.2, 0.25) is 5.02 Å². The van der Waals surface area contributed by atoms with Gasteiger partial charge in [-0.3, -0.25) is 4.79 Å². The smallest absolute Gasteiger partial charge is 0.243 e. The Labute approximate surface area is 166 Å². The first-order chi connectivity index (χ1) is 13.0. The van der Waals surface area contributed by atoms with Crippen LogP contribution in [-0.2, 0) is 14.8 Å². The van der Waals surface area contributed by atoms with E-state index in [1.54, 1.807) is 12.1 Å². The lowest BCUT2D eigenvalue weighted by Gasteiger charge is -2.31. The van der Waals surface area contributed by atoms with E-state index in [1.165, 1.54) is 35.7 Å². The van der Waals surface area contributed by atoms with Crippen LogP contribution in [0.3, 0.4) is 0 Å². The normalized spacial score (nSPS) is 20.5. The number of rotatable bonds is 6. The molecule has 0 aromatic heterocycles. The van der Waals surface area contributed by atoms with Gasteiger partial charge < -0.3 is 10.2 Å². The predicted octanol–water partition coefficient (Wildman–Crippen LogP) is 2.34. The molecule has 2 saturated heterocycles. The van der Waals surface area contributed by atoms with Crippen LogP contribution in [-0.4, -0.2) is 62.8 Å². The quantitative estimate of drug-likeness (QED) is 0.777. The first-order valence-corrected chi connectivity index (χ1v) is 11.5. The summed E-state index contributed by atoms with van der Waals surface area (Å²) >= 11 is 5.84. The minimum absolute atomic E-state index is 0.0514. The van der Waals surface area contributed by atoms with Crippen molar-refractivity contribution in [1.82, 2.24) is 14.5 Å². The Hall–Kier alpha value is -1.15. The standard InChI is InChI=1S/C19H28ClN3O3S/c20-17-4-6-18(7-5-17)27(25,26)23-13-8-16(9-14-23)19(24)21-10-15-22-11-2-1-3-12-22/h4-7,16H,1-3,8-15H2,(H,21,24). The summed E-state index contributed by atoms with van der Waals surface area (Å²) in [6.45, 7) is 4.55. The Bertz CT molecular complexity index is 725. The third-order valence-electron chi connectivity index (χ3n) is 5.45. The third kappa shape index (κ3) is 5.44. The van der Waals surface area contributed by atoms with E-state index in [4.69, 9.17) is 11.6 Å². The van der Waals surface area contributed by atoms with Gasteiger partial charge in [-0.15, -0.1) is 0 Å². The predicted molar refractivity (Wildman–Crippen MR) is 106 cm³/mol. The van der Waals surface area contributed by atoms with E-state index >= 15 is 0 Å². The maximum Gasteiger partial charge on any atom is 0.243 e. The summed E-state index contributed by atoms with van der Waals surface area (Å²) in [5.41, 5.74) is 0. The number of sulfonamides is 1. The number of piperidine rings is 2. The van der Waals surface area contributed by atoms with Crippen LogP contribution >= 0.6 is 11.6 Å². The van der Waals surface area contributed by atoms with Crippen molar-refractivity contribution in [2.75, 3.05) is 39.3 Å². The number of carbonyl (C=O) groups is 1. The van der Waals surface area contributed by atoms with Crippen LogP contribution in [0.15, 0.2) is 29.2 Å². The molecule has 0 spiro atoms. The maximum atomic E-state index is 12.7. The van der Waals surface area contributed by atoms with Crippen LogP contribution in [0, 0.1) is 5.92 Å². The summed E-state index contributed by atoms with van der Waals surface area (Å²) in [6.07, 6.45) is 4.91. The SMILES string of the molecule is O=C(NCCN1CCCCC1)C1CCN(S(=O)(=O)c2ccc(Cl)cc2)CC1. The summed E-state index contributed by atoms with van der Waals surface area (Å²) in [7, 11) is -3.52. The summed E-state index contributed by atoms with van der Waals surface area (Å²) in [5, 5.41) is 3.54. The lowest BCUT2D eigenvalue weighted by Crippen LogP contribution is -2.44. The van der Waals surface area contributed by atoms with E-state index in [-0.39, 0.29) is 16.7 Å². The molecule has 1 N–H and O–H groups in total. The zero-order chi connectivity index (χ0) is 19.3. The van der Waals surface area contributed by atoms with Gasteiger partial charge in [0.2, 0.25) is 15.9 Å². The second kappa shape index (κ2) is 9.37. The Balaban J connectivity index is 1.45. The van der Waals surface area contributed by atoms with Crippen LogP contribution < -0.4 is 5.32 Å². The highest BCUT2D eigenvalue weighted by Crippen LogP contribution is 2.24. The van der Waals surface area contributed by atoms with E-state index in [2.05, 4.69) is 10.2 Å². The number of benzene rings is 1. The van der Waals surface area contributed by atoms with E-state index < -0.39 is 10.0 Å². The van der Waals surface area contributed by atoms with Crippen molar-refractivity contribution in [3.63, 3.8) is 0 Å². The summed E-state index contributed by atoms with van der Waals surface area (Å²) < 4.78 is 26.9. The first kappa shape index (κ1) is 20.6. The molecule has 0 unspecified atom stereocenters.